The highest BCUT2D eigenvalue weighted by molar-refractivity contribution is 7.91. The first-order valence-corrected chi connectivity index (χ1v) is 7.74. The fourth-order valence-electron chi connectivity index (χ4n) is 1.58. The van der Waals surface area contributed by atoms with Crippen LogP contribution >= 0.6 is 0 Å². The van der Waals surface area contributed by atoms with Crippen molar-refractivity contribution in [3.8, 4) is 0 Å². The summed E-state index contributed by atoms with van der Waals surface area (Å²) in [6.45, 7) is 7.79. The molecule has 6 heteroatoms. The van der Waals surface area contributed by atoms with Crippen LogP contribution in [0.15, 0.2) is 11.4 Å². The van der Waals surface area contributed by atoms with Gasteiger partial charge in [0, 0.05) is 6.54 Å². The Bertz CT molecular complexity index is 489. The SMILES string of the molecule is CC(C)CCn1c(CO)cnc1S(=O)(=O)C(C)C. The van der Waals surface area contributed by atoms with E-state index in [4.69, 9.17) is 0 Å². The third-order valence-corrected chi connectivity index (χ3v) is 4.94. The molecule has 5 nitrogen and oxygen atoms in total. The Labute approximate surface area is 109 Å². The zero-order chi connectivity index (χ0) is 13.9. The predicted molar refractivity (Wildman–Crippen MR) is 69.9 cm³/mol. The van der Waals surface area contributed by atoms with E-state index in [-0.39, 0.29) is 11.8 Å². The zero-order valence-electron chi connectivity index (χ0n) is 11.4. The molecule has 104 valence electrons. The Morgan fingerprint density at radius 2 is 1.94 bits per heavy atom. The van der Waals surface area contributed by atoms with Gasteiger partial charge in [-0.2, -0.15) is 0 Å². The zero-order valence-corrected chi connectivity index (χ0v) is 12.2. The van der Waals surface area contributed by atoms with E-state index < -0.39 is 15.1 Å². The van der Waals surface area contributed by atoms with Crippen LogP contribution in [0.25, 0.3) is 0 Å². The van der Waals surface area contributed by atoms with E-state index in [0.29, 0.717) is 18.2 Å². The van der Waals surface area contributed by atoms with Gasteiger partial charge in [-0.05, 0) is 26.2 Å². The number of nitrogens with zero attached hydrogens (tertiary/aromatic N) is 2. The first kappa shape index (κ1) is 15.2. The molecule has 0 aliphatic carbocycles. The summed E-state index contributed by atoms with van der Waals surface area (Å²) < 4.78 is 25.9. The lowest BCUT2D eigenvalue weighted by Gasteiger charge is -2.14. The van der Waals surface area contributed by atoms with Gasteiger partial charge in [-0.1, -0.05) is 13.8 Å². The van der Waals surface area contributed by atoms with Crippen molar-refractivity contribution >= 4 is 9.84 Å². The highest BCUT2D eigenvalue weighted by atomic mass is 32.2. The molecule has 0 spiro atoms. The summed E-state index contributed by atoms with van der Waals surface area (Å²) >= 11 is 0. The second-order valence-corrected chi connectivity index (χ2v) is 7.52. The minimum Gasteiger partial charge on any atom is -0.390 e. The van der Waals surface area contributed by atoms with E-state index in [1.54, 1.807) is 18.4 Å². The summed E-state index contributed by atoms with van der Waals surface area (Å²) in [6, 6.07) is 0. The second-order valence-electron chi connectivity index (χ2n) is 5.12. The van der Waals surface area contributed by atoms with E-state index in [9.17, 15) is 13.5 Å². The Balaban J connectivity index is 3.17. The van der Waals surface area contributed by atoms with Gasteiger partial charge in [-0.15, -0.1) is 0 Å². The lowest BCUT2D eigenvalue weighted by molar-refractivity contribution is 0.267. The van der Waals surface area contributed by atoms with Gasteiger partial charge in [-0.3, -0.25) is 0 Å². The predicted octanol–water partition coefficient (Wildman–Crippen LogP) is 1.60. The molecule has 0 aliphatic rings. The molecule has 0 amide bonds. The Morgan fingerprint density at radius 1 is 1.33 bits per heavy atom. The number of rotatable bonds is 6. The van der Waals surface area contributed by atoms with Gasteiger partial charge < -0.3 is 9.67 Å². The standard InChI is InChI=1S/C12H22N2O3S/c1-9(2)5-6-14-11(8-15)7-13-12(14)18(16,17)10(3)4/h7,9-10,15H,5-6,8H2,1-4H3. The van der Waals surface area contributed by atoms with Gasteiger partial charge in [0.25, 0.3) is 0 Å². The topological polar surface area (TPSA) is 72.2 Å². The van der Waals surface area contributed by atoms with Gasteiger partial charge >= 0.3 is 0 Å². The van der Waals surface area contributed by atoms with Crippen LogP contribution < -0.4 is 0 Å². The van der Waals surface area contributed by atoms with Crippen molar-refractivity contribution in [3.63, 3.8) is 0 Å². The molecule has 1 rings (SSSR count). The van der Waals surface area contributed by atoms with E-state index in [2.05, 4.69) is 18.8 Å². The van der Waals surface area contributed by atoms with Gasteiger partial charge in [0.15, 0.2) is 0 Å². The second kappa shape index (κ2) is 5.84. The lowest BCUT2D eigenvalue weighted by atomic mass is 10.1. The molecule has 18 heavy (non-hydrogen) atoms. The van der Waals surface area contributed by atoms with Crippen molar-refractivity contribution in [2.24, 2.45) is 5.92 Å². The van der Waals surface area contributed by atoms with Crippen LogP contribution in [0.4, 0.5) is 0 Å². The van der Waals surface area contributed by atoms with E-state index >= 15 is 0 Å². The van der Waals surface area contributed by atoms with E-state index in [1.807, 2.05) is 0 Å². The van der Waals surface area contributed by atoms with Crippen LogP contribution in [0.1, 0.15) is 39.8 Å². The molecule has 1 aromatic rings. The lowest BCUT2D eigenvalue weighted by Crippen LogP contribution is -2.20. The number of sulfone groups is 1. The quantitative estimate of drug-likeness (QED) is 0.855. The number of aromatic nitrogens is 2. The first-order chi connectivity index (χ1) is 8.30. The van der Waals surface area contributed by atoms with Crippen LogP contribution in [-0.2, 0) is 23.0 Å². The minimum atomic E-state index is -3.40. The van der Waals surface area contributed by atoms with Gasteiger partial charge in [0.05, 0.1) is 23.7 Å². The van der Waals surface area contributed by atoms with Crippen LogP contribution in [0, 0.1) is 5.92 Å². The van der Waals surface area contributed by atoms with Crippen LogP contribution in [0.2, 0.25) is 0 Å². The summed E-state index contributed by atoms with van der Waals surface area (Å²) in [4.78, 5) is 3.97. The van der Waals surface area contributed by atoms with Gasteiger partial charge in [0.2, 0.25) is 15.0 Å². The molecule has 0 saturated carbocycles. The molecule has 1 heterocycles. The number of hydrogen-bond acceptors (Lipinski definition) is 4. The maximum absolute atomic E-state index is 12.2. The molecule has 0 saturated heterocycles. The summed E-state index contributed by atoms with van der Waals surface area (Å²) in [5.74, 6) is 0.466. The van der Waals surface area contributed by atoms with Crippen molar-refractivity contribution in [2.45, 2.75) is 57.7 Å². The molecular formula is C12H22N2O3S. The fourth-order valence-corrected chi connectivity index (χ4v) is 2.72. The van der Waals surface area contributed by atoms with Crippen molar-refractivity contribution < 1.29 is 13.5 Å². The molecule has 0 aromatic carbocycles. The molecule has 1 N–H and O–H groups in total. The molecule has 0 radical (unpaired) electrons. The molecule has 0 unspecified atom stereocenters. The molecule has 0 atom stereocenters. The average molecular weight is 274 g/mol. The first-order valence-electron chi connectivity index (χ1n) is 6.19. The monoisotopic (exact) mass is 274 g/mol. The Morgan fingerprint density at radius 3 is 2.39 bits per heavy atom. The largest absolute Gasteiger partial charge is 0.390 e. The smallest absolute Gasteiger partial charge is 0.228 e. The molecule has 0 bridgehead atoms. The van der Waals surface area contributed by atoms with Crippen molar-refractivity contribution in [2.75, 3.05) is 0 Å². The van der Waals surface area contributed by atoms with Gasteiger partial charge in [-0.25, -0.2) is 13.4 Å². The molecule has 1 aromatic heterocycles. The normalized spacial score (nSPS) is 12.6. The van der Waals surface area contributed by atoms with E-state index in [0.717, 1.165) is 6.42 Å². The highest BCUT2D eigenvalue weighted by Gasteiger charge is 2.26. The third kappa shape index (κ3) is 3.11. The average Bonchev–Trinajstić information content (AvgIpc) is 2.69. The summed E-state index contributed by atoms with van der Waals surface area (Å²) in [5, 5.41) is 8.81. The Hall–Kier alpha value is -0.880. The molecule has 0 fully saturated rings. The minimum absolute atomic E-state index is 0.0715. The van der Waals surface area contributed by atoms with Crippen molar-refractivity contribution in [1.29, 1.82) is 0 Å². The summed E-state index contributed by atoms with van der Waals surface area (Å²) in [6.07, 6.45) is 2.29. The summed E-state index contributed by atoms with van der Waals surface area (Å²) in [5.41, 5.74) is 0.551. The van der Waals surface area contributed by atoms with Crippen LogP contribution in [0.3, 0.4) is 0 Å². The number of imidazole rings is 1. The maximum atomic E-state index is 12.2. The maximum Gasteiger partial charge on any atom is 0.228 e. The fraction of sp³-hybridized carbons (Fsp3) is 0.750. The molecule has 0 aliphatic heterocycles. The summed E-state index contributed by atoms with van der Waals surface area (Å²) in [7, 11) is -3.40. The van der Waals surface area contributed by atoms with E-state index in [1.165, 1.54) is 6.20 Å². The van der Waals surface area contributed by atoms with Crippen molar-refractivity contribution in [3.05, 3.63) is 11.9 Å². The van der Waals surface area contributed by atoms with Gasteiger partial charge in [0.1, 0.15) is 0 Å². The number of hydrogen-bond donors (Lipinski definition) is 1. The number of aliphatic hydroxyl groups excluding tert-OH is 1. The third-order valence-electron chi connectivity index (χ3n) is 2.87. The van der Waals surface area contributed by atoms with Crippen molar-refractivity contribution in [1.82, 2.24) is 9.55 Å². The number of aliphatic hydroxyl groups is 1. The van der Waals surface area contributed by atoms with Crippen LogP contribution in [-0.4, -0.2) is 28.3 Å². The highest BCUT2D eigenvalue weighted by Crippen LogP contribution is 2.18. The molecular weight excluding hydrogens is 252 g/mol. The van der Waals surface area contributed by atoms with Crippen LogP contribution in [0.5, 0.6) is 0 Å². The Kier molecular flexibility index (Phi) is 4.92.